The lowest BCUT2D eigenvalue weighted by atomic mass is 10.0. The van der Waals surface area contributed by atoms with E-state index in [1.807, 2.05) is 12.1 Å². The average molecular weight is 466 g/mol. The van der Waals surface area contributed by atoms with Crippen molar-refractivity contribution in [3.63, 3.8) is 0 Å². The smallest absolute Gasteiger partial charge is 0.326 e. The predicted octanol–water partition coefficient (Wildman–Crippen LogP) is 5.49. The molecule has 0 fully saturated rings. The molecule has 4 N–H and O–H groups in total. The van der Waals surface area contributed by atoms with Crippen LogP contribution in [0.25, 0.3) is 11.1 Å². The van der Waals surface area contributed by atoms with Crippen molar-refractivity contribution in [1.82, 2.24) is 5.32 Å². The van der Waals surface area contributed by atoms with Gasteiger partial charge in [-0.15, -0.1) is 0 Å². The molecule has 3 rings (SSSR count). The van der Waals surface area contributed by atoms with Gasteiger partial charge >= 0.3 is 12.0 Å². The standard InChI is InChI=1S/C25H24ClN3O4/c1-15(2)22(24(31)32)29-23(30)18-9-7-16(8-10-18)17-11-13-19(14-12-17)27-25(33)28-21-6-4-3-5-20(21)26/h3-15,22H,1-2H3,(H,29,30)(H,31,32)(H2,27,28,33)/t22-/m1/s1. The van der Waals surface area contributed by atoms with Crippen LogP contribution in [0.2, 0.25) is 5.02 Å². The van der Waals surface area contributed by atoms with Gasteiger partial charge in [0.2, 0.25) is 0 Å². The number of anilines is 2. The minimum atomic E-state index is -1.07. The van der Waals surface area contributed by atoms with Gasteiger partial charge in [0, 0.05) is 11.3 Å². The number of para-hydroxylation sites is 1. The van der Waals surface area contributed by atoms with E-state index in [4.69, 9.17) is 11.6 Å². The van der Waals surface area contributed by atoms with Gasteiger partial charge in [-0.3, -0.25) is 4.79 Å². The van der Waals surface area contributed by atoms with Crippen molar-refractivity contribution in [3.8, 4) is 11.1 Å². The molecule has 0 aliphatic rings. The first-order chi connectivity index (χ1) is 15.7. The van der Waals surface area contributed by atoms with Gasteiger partial charge in [-0.25, -0.2) is 9.59 Å². The van der Waals surface area contributed by atoms with E-state index in [1.165, 1.54) is 0 Å². The number of rotatable bonds is 7. The summed E-state index contributed by atoms with van der Waals surface area (Å²) in [5.41, 5.74) is 3.26. The van der Waals surface area contributed by atoms with Gasteiger partial charge in [-0.05, 0) is 53.4 Å². The van der Waals surface area contributed by atoms with Gasteiger partial charge in [0.25, 0.3) is 5.91 Å². The number of carboxylic acid groups (broad SMARTS) is 1. The molecule has 3 aromatic rings. The summed E-state index contributed by atoms with van der Waals surface area (Å²) in [5.74, 6) is -1.74. The number of hydrogen-bond acceptors (Lipinski definition) is 3. The van der Waals surface area contributed by atoms with Crippen molar-refractivity contribution in [3.05, 3.63) is 83.4 Å². The van der Waals surface area contributed by atoms with Gasteiger partial charge in [-0.2, -0.15) is 0 Å². The summed E-state index contributed by atoms with van der Waals surface area (Å²) >= 11 is 6.05. The Morgan fingerprint density at radius 1 is 0.818 bits per heavy atom. The largest absolute Gasteiger partial charge is 0.480 e. The summed E-state index contributed by atoms with van der Waals surface area (Å²) in [4.78, 5) is 35.9. The molecule has 33 heavy (non-hydrogen) atoms. The summed E-state index contributed by atoms with van der Waals surface area (Å²) in [6, 6.07) is 19.7. The Morgan fingerprint density at radius 2 is 1.39 bits per heavy atom. The van der Waals surface area contributed by atoms with E-state index in [0.29, 0.717) is 22.0 Å². The second-order valence-electron chi connectivity index (χ2n) is 7.75. The maximum atomic E-state index is 12.4. The first-order valence-electron chi connectivity index (χ1n) is 10.3. The van der Waals surface area contributed by atoms with Crippen LogP contribution in [0, 0.1) is 5.92 Å². The van der Waals surface area contributed by atoms with E-state index < -0.39 is 23.9 Å². The third kappa shape index (κ3) is 6.33. The summed E-state index contributed by atoms with van der Waals surface area (Å²) in [7, 11) is 0. The fraction of sp³-hybridized carbons (Fsp3) is 0.160. The number of halogens is 1. The van der Waals surface area contributed by atoms with Gasteiger partial charge in [-0.1, -0.05) is 61.8 Å². The number of urea groups is 1. The minimum absolute atomic E-state index is 0.232. The molecule has 3 aromatic carbocycles. The summed E-state index contributed by atoms with van der Waals surface area (Å²) in [6.07, 6.45) is 0. The van der Waals surface area contributed by atoms with Gasteiger partial charge in [0.1, 0.15) is 6.04 Å². The van der Waals surface area contributed by atoms with E-state index in [2.05, 4.69) is 16.0 Å². The zero-order chi connectivity index (χ0) is 24.0. The van der Waals surface area contributed by atoms with E-state index in [-0.39, 0.29) is 5.92 Å². The van der Waals surface area contributed by atoms with Crippen LogP contribution in [-0.2, 0) is 4.79 Å². The van der Waals surface area contributed by atoms with Crippen LogP contribution < -0.4 is 16.0 Å². The molecule has 0 radical (unpaired) electrons. The Hall–Kier alpha value is -3.84. The Labute approximate surface area is 196 Å². The lowest BCUT2D eigenvalue weighted by Gasteiger charge is -2.18. The zero-order valence-electron chi connectivity index (χ0n) is 18.1. The first-order valence-corrected chi connectivity index (χ1v) is 10.7. The Kier molecular flexibility index (Phi) is 7.69. The highest BCUT2D eigenvalue weighted by atomic mass is 35.5. The fourth-order valence-electron chi connectivity index (χ4n) is 3.15. The third-order valence-corrected chi connectivity index (χ3v) is 5.29. The molecule has 0 saturated carbocycles. The number of hydrogen-bond donors (Lipinski definition) is 4. The number of carboxylic acids is 1. The minimum Gasteiger partial charge on any atom is -0.480 e. The molecule has 8 heteroatoms. The quantitative estimate of drug-likeness (QED) is 0.370. The molecule has 0 bridgehead atoms. The Balaban J connectivity index is 1.62. The SMILES string of the molecule is CC(C)[C@@H](NC(=O)c1ccc(-c2ccc(NC(=O)Nc3ccccc3Cl)cc2)cc1)C(=O)O. The van der Waals surface area contributed by atoms with Crippen LogP contribution >= 0.6 is 11.6 Å². The van der Waals surface area contributed by atoms with Crippen LogP contribution in [0.4, 0.5) is 16.2 Å². The van der Waals surface area contributed by atoms with Crippen LogP contribution in [0.1, 0.15) is 24.2 Å². The number of carbonyl (C=O) groups is 3. The molecule has 0 aromatic heterocycles. The number of carbonyl (C=O) groups excluding carboxylic acids is 2. The van der Waals surface area contributed by atoms with Crippen molar-refractivity contribution in [2.75, 3.05) is 10.6 Å². The number of aliphatic carboxylic acids is 1. The molecule has 0 spiro atoms. The monoisotopic (exact) mass is 465 g/mol. The average Bonchev–Trinajstić information content (AvgIpc) is 2.79. The summed E-state index contributed by atoms with van der Waals surface area (Å²) < 4.78 is 0. The maximum Gasteiger partial charge on any atom is 0.326 e. The molecule has 7 nitrogen and oxygen atoms in total. The highest BCUT2D eigenvalue weighted by Crippen LogP contribution is 2.23. The fourth-order valence-corrected chi connectivity index (χ4v) is 3.33. The lowest BCUT2D eigenvalue weighted by Crippen LogP contribution is -2.44. The topological polar surface area (TPSA) is 108 Å². The number of benzene rings is 3. The third-order valence-electron chi connectivity index (χ3n) is 4.96. The van der Waals surface area contributed by atoms with Crippen molar-refractivity contribution in [2.45, 2.75) is 19.9 Å². The molecule has 0 heterocycles. The molecule has 0 saturated heterocycles. The molecule has 0 unspecified atom stereocenters. The summed E-state index contributed by atoms with van der Waals surface area (Å²) in [5, 5.41) is 17.7. The molecule has 1 atom stereocenters. The number of nitrogens with one attached hydrogen (secondary N) is 3. The predicted molar refractivity (Wildman–Crippen MR) is 130 cm³/mol. The van der Waals surface area contributed by atoms with Crippen LogP contribution in [0.3, 0.4) is 0 Å². The van der Waals surface area contributed by atoms with Gasteiger partial charge < -0.3 is 21.1 Å². The Morgan fingerprint density at radius 3 is 1.94 bits per heavy atom. The van der Waals surface area contributed by atoms with Crippen molar-refractivity contribution >= 4 is 40.9 Å². The van der Waals surface area contributed by atoms with E-state index >= 15 is 0 Å². The number of amides is 3. The van der Waals surface area contributed by atoms with Crippen molar-refractivity contribution in [1.29, 1.82) is 0 Å². The second kappa shape index (κ2) is 10.7. The maximum absolute atomic E-state index is 12.4. The highest BCUT2D eigenvalue weighted by molar-refractivity contribution is 6.33. The molecular weight excluding hydrogens is 442 g/mol. The van der Waals surface area contributed by atoms with Gasteiger partial charge in [0.05, 0.1) is 10.7 Å². The normalized spacial score (nSPS) is 11.5. The van der Waals surface area contributed by atoms with Crippen molar-refractivity contribution in [2.24, 2.45) is 5.92 Å². The molecular formula is C25H24ClN3O4. The second-order valence-corrected chi connectivity index (χ2v) is 8.15. The van der Waals surface area contributed by atoms with Crippen LogP contribution in [0.15, 0.2) is 72.8 Å². The lowest BCUT2D eigenvalue weighted by molar-refractivity contribution is -0.140. The first kappa shape index (κ1) is 23.8. The summed E-state index contributed by atoms with van der Waals surface area (Å²) in [6.45, 7) is 3.47. The zero-order valence-corrected chi connectivity index (χ0v) is 18.9. The van der Waals surface area contributed by atoms with Crippen molar-refractivity contribution < 1.29 is 19.5 Å². The highest BCUT2D eigenvalue weighted by Gasteiger charge is 2.23. The van der Waals surface area contributed by atoms with E-state index in [1.54, 1.807) is 74.5 Å². The molecule has 170 valence electrons. The van der Waals surface area contributed by atoms with Gasteiger partial charge in [0.15, 0.2) is 0 Å². The van der Waals surface area contributed by atoms with E-state index in [9.17, 15) is 19.5 Å². The van der Waals surface area contributed by atoms with E-state index in [0.717, 1.165) is 11.1 Å². The molecule has 0 aliphatic heterocycles. The Bertz CT molecular complexity index is 1150. The molecule has 3 amide bonds. The van der Waals surface area contributed by atoms with Crippen LogP contribution in [0.5, 0.6) is 0 Å². The van der Waals surface area contributed by atoms with Crippen LogP contribution in [-0.4, -0.2) is 29.1 Å². The molecule has 0 aliphatic carbocycles.